The molecular weight excluding hydrogens is 326 g/mol. The molecule has 1 N–H and O–H groups in total. The van der Waals surface area contributed by atoms with Crippen LogP contribution in [0.25, 0.3) is 11.1 Å². The summed E-state index contributed by atoms with van der Waals surface area (Å²) in [5, 5.41) is 11.7. The maximum atomic E-state index is 12.1. The molecule has 2 aromatic rings. The molecule has 2 amide bonds. The predicted octanol–water partition coefficient (Wildman–Crippen LogP) is 3.59. The molecule has 0 saturated heterocycles. The number of nitrogens with one attached hydrogen (secondary N) is 1. The Morgan fingerprint density at radius 3 is 2.73 bits per heavy atom. The third-order valence-corrected chi connectivity index (χ3v) is 4.54. The number of nitriles is 1. The molecule has 0 spiro atoms. The van der Waals surface area contributed by atoms with Crippen LogP contribution in [0.1, 0.15) is 18.1 Å². The van der Waals surface area contributed by atoms with Crippen LogP contribution >= 0.6 is 0 Å². The zero-order valence-corrected chi connectivity index (χ0v) is 15.2. The maximum Gasteiger partial charge on any atom is 0.317 e. The van der Waals surface area contributed by atoms with Crippen LogP contribution in [-0.4, -0.2) is 31.1 Å². The van der Waals surface area contributed by atoms with Gasteiger partial charge < -0.3 is 15.0 Å². The molecule has 1 heterocycles. The molecule has 3 rings (SSSR count). The molecule has 1 atom stereocenters. The van der Waals surface area contributed by atoms with Crippen molar-refractivity contribution in [3.63, 3.8) is 0 Å². The summed E-state index contributed by atoms with van der Waals surface area (Å²) >= 11 is 0. The first-order valence-electron chi connectivity index (χ1n) is 8.80. The minimum Gasteiger partial charge on any atom is -0.493 e. The molecular formula is C21H23N3O2. The van der Waals surface area contributed by atoms with Crippen LogP contribution in [0.4, 0.5) is 4.79 Å². The van der Waals surface area contributed by atoms with Gasteiger partial charge in [0, 0.05) is 26.6 Å². The summed E-state index contributed by atoms with van der Waals surface area (Å²) in [6, 6.07) is 16.4. The molecule has 134 valence electrons. The van der Waals surface area contributed by atoms with E-state index in [1.807, 2.05) is 18.2 Å². The van der Waals surface area contributed by atoms with Crippen LogP contribution < -0.4 is 10.1 Å². The Morgan fingerprint density at radius 1 is 1.27 bits per heavy atom. The van der Waals surface area contributed by atoms with E-state index in [0.29, 0.717) is 13.1 Å². The van der Waals surface area contributed by atoms with Gasteiger partial charge in [0.15, 0.2) is 0 Å². The number of carbonyl (C=O) groups excluding carboxylic acids is 1. The van der Waals surface area contributed by atoms with E-state index in [2.05, 4.69) is 35.7 Å². The van der Waals surface area contributed by atoms with Crippen molar-refractivity contribution >= 4 is 6.03 Å². The zero-order chi connectivity index (χ0) is 18.5. The highest BCUT2D eigenvalue weighted by molar-refractivity contribution is 5.74. The van der Waals surface area contributed by atoms with Crippen LogP contribution in [0.5, 0.6) is 5.75 Å². The minimum absolute atomic E-state index is 0.171. The van der Waals surface area contributed by atoms with Crippen LogP contribution in [0, 0.1) is 17.2 Å². The highest BCUT2D eigenvalue weighted by Crippen LogP contribution is 2.30. The summed E-state index contributed by atoms with van der Waals surface area (Å²) in [7, 11) is 1.70. The summed E-state index contributed by atoms with van der Waals surface area (Å²) in [5.41, 5.74) is 4.62. The number of rotatable bonds is 5. The normalized spacial score (nSPS) is 13.3. The predicted molar refractivity (Wildman–Crippen MR) is 101 cm³/mol. The maximum absolute atomic E-state index is 12.1. The van der Waals surface area contributed by atoms with Crippen LogP contribution in [0.3, 0.4) is 0 Å². The van der Waals surface area contributed by atoms with Crippen LogP contribution in [0.15, 0.2) is 42.5 Å². The number of hydrogen-bond donors (Lipinski definition) is 1. The number of carbonyl (C=O) groups is 1. The topological polar surface area (TPSA) is 65.4 Å². The largest absolute Gasteiger partial charge is 0.493 e. The number of fused-ring (bicyclic) bond motifs is 1. The van der Waals surface area contributed by atoms with E-state index in [4.69, 9.17) is 10.00 Å². The van der Waals surface area contributed by atoms with Gasteiger partial charge in [0.2, 0.25) is 0 Å². The fourth-order valence-corrected chi connectivity index (χ4v) is 3.03. The van der Waals surface area contributed by atoms with Gasteiger partial charge >= 0.3 is 6.03 Å². The van der Waals surface area contributed by atoms with Crippen molar-refractivity contribution in [2.24, 2.45) is 5.92 Å². The Hall–Kier alpha value is -3.00. The lowest BCUT2D eigenvalue weighted by Gasteiger charge is -2.19. The number of urea groups is 1. The molecule has 1 aliphatic rings. The van der Waals surface area contributed by atoms with Crippen molar-refractivity contribution in [1.82, 2.24) is 10.2 Å². The average molecular weight is 349 g/mol. The summed E-state index contributed by atoms with van der Waals surface area (Å²) < 4.78 is 5.55. The van der Waals surface area contributed by atoms with Crippen molar-refractivity contribution in [1.29, 1.82) is 5.26 Å². The Bertz CT molecular complexity index is 824. The second-order valence-electron chi connectivity index (χ2n) is 6.69. The monoisotopic (exact) mass is 349 g/mol. The van der Waals surface area contributed by atoms with Gasteiger partial charge in [-0.15, -0.1) is 0 Å². The second-order valence-corrected chi connectivity index (χ2v) is 6.69. The van der Waals surface area contributed by atoms with E-state index in [1.54, 1.807) is 14.0 Å². The first kappa shape index (κ1) is 17.8. The van der Waals surface area contributed by atoms with Crippen molar-refractivity contribution < 1.29 is 9.53 Å². The Balaban J connectivity index is 1.58. The smallest absolute Gasteiger partial charge is 0.317 e. The third kappa shape index (κ3) is 4.15. The Labute approximate surface area is 154 Å². The van der Waals surface area contributed by atoms with E-state index in [0.717, 1.165) is 29.9 Å². The molecule has 0 bridgehead atoms. The van der Waals surface area contributed by atoms with Gasteiger partial charge in [0.1, 0.15) is 5.75 Å². The Morgan fingerprint density at radius 2 is 2.00 bits per heavy atom. The van der Waals surface area contributed by atoms with Crippen LogP contribution in [-0.2, 0) is 13.0 Å². The molecule has 26 heavy (non-hydrogen) atoms. The molecule has 0 radical (unpaired) electrons. The summed E-state index contributed by atoms with van der Waals surface area (Å²) in [6.45, 7) is 3.44. The molecule has 0 aromatic heterocycles. The number of benzene rings is 2. The molecule has 1 aliphatic heterocycles. The van der Waals surface area contributed by atoms with Crippen LogP contribution in [0.2, 0.25) is 0 Å². The minimum atomic E-state index is -0.178. The quantitative estimate of drug-likeness (QED) is 0.897. The fraction of sp³-hybridized carbons (Fsp3) is 0.333. The molecule has 0 aliphatic carbocycles. The van der Waals surface area contributed by atoms with Gasteiger partial charge in [0.05, 0.1) is 18.6 Å². The highest BCUT2D eigenvalue weighted by Gasteiger charge is 2.13. The van der Waals surface area contributed by atoms with Gasteiger partial charge in [-0.25, -0.2) is 4.79 Å². The van der Waals surface area contributed by atoms with Gasteiger partial charge in [-0.3, -0.25) is 0 Å². The van der Waals surface area contributed by atoms with E-state index in [-0.39, 0.29) is 11.9 Å². The Kier molecular flexibility index (Phi) is 5.43. The third-order valence-electron chi connectivity index (χ3n) is 4.54. The lowest BCUT2D eigenvalue weighted by Crippen LogP contribution is -2.38. The van der Waals surface area contributed by atoms with Crippen molar-refractivity contribution in [3.8, 4) is 22.9 Å². The van der Waals surface area contributed by atoms with Gasteiger partial charge in [-0.05, 0) is 41.3 Å². The van der Waals surface area contributed by atoms with Gasteiger partial charge in [-0.2, -0.15) is 5.26 Å². The summed E-state index contributed by atoms with van der Waals surface area (Å²) in [6.07, 6.45) is 0.964. The molecule has 1 unspecified atom stereocenters. The molecule has 2 aromatic carbocycles. The number of nitrogens with zero attached hydrogens (tertiary/aromatic N) is 2. The molecule has 5 heteroatoms. The fourth-order valence-electron chi connectivity index (χ4n) is 3.03. The SMILES string of the molecule is CC(C#N)CN(C)C(=O)NCc1ccc(-c2ccc3c(c2)CCO3)cc1. The van der Waals surface area contributed by atoms with E-state index in [9.17, 15) is 4.79 Å². The number of hydrogen-bond acceptors (Lipinski definition) is 3. The average Bonchev–Trinajstić information content (AvgIpc) is 3.14. The first-order chi connectivity index (χ1) is 12.6. The van der Waals surface area contributed by atoms with E-state index < -0.39 is 0 Å². The van der Waals surface area contributed by atoms with Gasteiger partial charge in [-0.1, -0.05) is 30.3 Å². The molecule has 0 fully saturated rings. The number of ether oxygens (including phenoxy) is 1. The highest BCUT2D eigenvalue weighted by atomic mass is 16.5. The van der Waals surface area contributed by atoms with E-state index >= 15 is 0 Å². The lowest BCUT2D eigenvalue weighted by atomic mass is 10.0. The zero-order valence-electron chi connectivity index (χ0n) is 15.2. The number of amides is 2. The van der Waals surface area contributed by atoms with Crippen molar-refractivity contribution in [2.45, 2.75) is 19.9 Å². The summed E-state index contributed by atoms with van der Waals surface area (Å²) in [5.74, 6) is 0.811. The lowest BCUT2D eigenvalue weighted by molar-refractivity contribution is 0.205. The summed E-state index contributed by atoms with van der Waals surface area (Å²) in [4.78, 5) is 13.6. The van der Waals surface area contributed by atoms with Gasteiger partial charge in [0.25, 0.3) is 0 Å². The standard InChI is InChI=1S/C21H23N3O2/c1-15(12-22)14-24(2)21(25)23-13-16-3-5-17(6-4-16)18-7-8-20-19(11-18)9-10-26-20/h3-8,11,15H,9-10,13-14H2,1-2H3,(H,23,25). The first-order valence-corrected chi connectivity index (χ1v) is 8.80. The van der Waals surface area contributed by atoms with Crippen molar-refractivity contribution in [2.75, 3.05) is 20.2 Å². The molecule has 0 saturated carbocycles. The van der Waals surface area contributed by atoms with Crippen molar-refractivity contribution in [3.05, 3.63) is 53.6 Å². The molecule has 5 nitrogen and oxygen atoms in total. The van der Waals surface area contributed by atoms with E-state index in [1.165, 1.54) is 16.0 Å². The second kappa shape index (κ2) is 7.92.